The lowest BCUT2D eigenvalue weighted by molar-refractivity contribution is -0.0488. The van der Waals surface area contributed by atoms with Gasteiger partial charge in [-0.1, -0.05) is 18.2 Å². The summed E-state index contributed by atoms with van der Waals surface area (Å²) in [5, 5.41) is 8.95. The zero-order chi connectivity index (χ0) is 19.5. The van der Waals surface area contributed by atoms with E-state index in [1.165, 1.54) is 17.0 Å². The SMILES string of the molecule is CC(C)(C)OC(=O)N1CCN(S(=O)(=O)c2ccccc2)C(OC(=O)O)C1. The smallest absolute Gasteiger partial charge is 0.450 e. The van der Waals surface area contributed by atoms with E-state index < -0.39 is 34.1 Å². The third kappa shape index (κ3) is 4.85. The summed E-state index contributed by atoms with van der Waals surface area (Å²) in [6.45, 7) is 4.78. The molecule has 0 spiro atoms. The molecule has 1 aromatic rings. The molecule has 10 heteroatoms. The second-order valence-electron chi connectivity index (χ2n) is 6.69. The van der Waals surface area contributed by atoms with Crippen LogP contribution in [-0.2, 0) is 19.5 Å². The van der Waals surface area contributed by atoms with Gasteiger partial charge in [-0.2, -0.15) is 4.31 Å². The number of ether oxygens (including phenoxy) is 2. The van der Waals surface area contributed by atoms with Gasteiger partial charge in [-0.25, -0.2) is 18.0 Å². The van der Waals surface area contributed by atoms with Crippen LogP contribution in [0.1, 0.15) is 20.8 Å². The van der Waals surface area contributed by atoms with Gasteiger partial charge in [-0.05, 0) is 32.9 Å². The average molecular weight is 386 g/mol. The third-order valence-electron chi connectivity index (χ3n) is 3.53. The van der Waals surface area contributed by atoms with Crippen LogP contribution in [0.25, 0.3) is 0 Å². The Hall–Kier alpha value is -2.33. The second-order valence-corrected chi connectivity index (χ2v) is 8.58. The lowest BCUT2D eigenvalue weighted by Gasteiger charge is -2.39. The minimum absolute atomic E-state index is 0.0182. The first-order valence-corrected chi connectivity index (χ1v) is 9.39. The quantitative estimate of drug-likeness (QED) is 0.790. The lowest BCUT2D eigenvalue weighted by atomic mass is 10.2. The van der Waals surface area contributed by atoms with Crippen LogP contribution in [0.3, 0.4) is 0 Å². The highest BCUT2D eigenvalue weighted by molar-refractivity contribution is 7.89. The Labute approximate surface area is 152 Å². The van der Waals surface area contributed by atoms with Crippen LogP contribution >= 0.6 is 0 Å². The number of piperazine rings is 1. The van der Waals surface area contributed by atoms with Crippen molar-refractivity contribution in [2.24, 2.45) is 0 Å². The number of carboxylic acid groups (broad SMARTS) is 1. The predicted octanol–water partition coefficient (Wildman–Crippen LogP) is 1.95. The van der Waals surface area contributed by atoms with Gasteiger partial charge in [0.2, 0.25) is 10.0 Å². The Kier molecular flexibility index (Phi) is 5.77. The first kappa shape index (κ1) is 20.0. The summed E-state index contributed by atoms with van der Waals surface area (Å²) < 4.78 is 36.5. The Balaban J connectivity index is 2.24. The molecule has 0 bridgehead atoms. The van der Waals surface area contributed by atoms with Gasteiger partial charge in [0.05, 0.1) is 11.4 Å². The Morgan fingerprint density at radius 2 is 1.77 bits per heavy atom. The molecule has 0 aromatic heterocycles. The molecule has 1 heterocycles. The molecule has 1 N–H and O–H groups in total. The van der Waals surface area contributed by atoms with Crippen molar-refractivity contribution in [1.82, 2.24) is 9.21 Å². The van der Waals surface area contributed by atoms with Crippen LogP contribution in [0, 0.1) is 0 Å². The van der Waals surface area contributed by atoms with E-state index in [2.05, 4.69) is 0 Å². The molecule has 1 saturated heterocycles. The maximum atomic E-state index is 12.8. The summed E-state index contributed by atoms with van der Waals surface area (Å²) in [6.07, 6.45) is -3.65. The van der Waals surface area contributed by atoms with Crippen molar-refractivity contribution in [3.05, 3.63) is 30.3 Å². The molecule has 0 radical (unpaired) electrons. The maximum absolute atomic E-state index is 12.8. The summed E-state index contributed by atoms with van der Waals surface area (Å²) in [5.41, 5.74) is -0.729. The molecule has 0 saturated carbocycles. The minimum Gasteiger partial charge on any atom is -0.450 e. The van der Waals surface area contributed by atoms with Gasteiger partial charge in [0.1, 0.15) is 5.60 Å². The Bertz CT molecular complexity index is 759. The molecular formula is C16H22N2O7S. The van der Waals surface area contributed by atoms with Crippen LogP contribution in [0.15, 0.2) is 35.2 Å². The maximum Gasteiger partial charge on any atom is 0.507 e. The molecule has 0 aliphatic carbocycles. The number of carbonyl (C=O) groups is 2. The number of carbonyl (C=O) groups excluding carboxylic acids is 1. The van der Waals surface area contributed by atoms with E-state index in [9.17, 15) is 18.0 Å². The minimum atomic E-state index is -3.97. The van der Waals surface area contributed by atoms with Crippen molar-refractivity contribution in [1.29, 1.82) is 0 Å². The van der Waals surface area contributed by atoms with E-state index >= 15 is 0 Å². The number of rotatable bonds is 3. The summed E-state index contributed by atoms with van der Waals surface area (Å²) in [6, 6.07) is 7.62. The number of benzene rings is 1. The standard InChI is InChI=1S/C16H22N2O7S/c1-16(2,3)25-14(19)17-9-10-18(13(11-17)24-15(20)21)26(22,23)12-7-5-4-6-8-12/h4-8,13H,9-11H2,1-3H3,(H,20,21). The first-order valence-electron chi connectivity index (χ1n) is 7.95. The molecule has 1 atom stereocenters. The van der Waals surface area contributed by atoms with Crippen LogP contribution in [0.2, 0.25) is 0 Å². The Morgan fingerprint density at radius 3 is 2.31 bits per heavy atom. The van der Waals surface area contributed by atoms with Crippen molar-refractivity contribution in [3.63, 3.8) is 0 Å². The molecule has 1 amide bonds. The van der Waals surface area contributed by atoms with Gasteiger partial charge < -0.3 is 19.5 Å². The summed E-state index contributed by atoms with van der Waals surface area (Å²) in [7, 11) is -3.97. The molecule has 2 rings (SSSR count). The van der Waals surface area contributed by atoms with Crippen molar-refractivity contribution in [2.45, 2.75) is 37.5 Å². The van der Waals surface area contributed by atoms with Gasteiger partial charge >= 0.3 is 12.2 Å². The lowest BCUT2D eigenvalue weighted by Crippen LogP contribution is -2.58. The van der Waals surface area contributed by atoms with Crippen LogP contribution < -0.4 is 0 Å². The van der Waals surface area contributed by atoms with E-state index in [1.54, 1.807) is 39.0 Å². The van der Waals surface area contributed by atoms with Gasteiger partial charge in [-0.15, -0.1) is 0 Å². The highest BCUT2D eigenvalue weighted by Gasteiger charge is 2.40. The second kappa shape index (κ2) is 7.50. The number of nitrogens with zero attached hydrogens (tertiary/aromatic N) is 2. The van der Waals surface area contributed by atoms with Crippen molar-refractivity contribution in [2.75, 3.05) is 19.6 Å². The van der Waals surface area contributed by atoms with Crippen LogP contribution in [0.5, 0.6) is 0 Å². The summed E-state index contributed by atoms with van der Waals surface area (Å²) >= 11 is 0. The van der Waals surface area contributed by atoms with E-state index in [0.29, 0.717) is 0 Å². The monoisotopic (exact) mass is 386 g/mol. The normalized spacial score (nSPS) is 19.0. The highest BCUT2D eigenvalue weighted by atomic mass is 32.2. The number of amides is 1. The first-order chi connectivity index (χ1) is 12.0. The summed E-state index contributed by atoms with van der Waals surface area (Å²) in [4.78, 5) is 24.5. The molecule has 1 unspecified atom stereocenters. The highest BCUT2D eigenvalue weighted by Crippen LogP contribution is 2.23. The van der Waals surface area contributed by atoms with Gasteiger partial charge in [0.25, 0.3) is 0 Å². The largest absolute Gasteiger partial charge is 0.507 e. The molecule has 1 fully saturated rings. The number of sulfonamides is 1. The molecular weight excluding hydrogens is 364 g/mol. The predicted molar refractivity (Wildman–Crippen MR) is 91.0 cm³/mol. The zero-order valence-electron chi connectivity index (χ0n) is 14.8. The van der Waals surface area contributed by atoms with Crippen molar-refractivity contribution >= 4 is 22.3 Å². The van der Waals surface area contributed by atoms with Crippen LogP contribution in [0.4, 0.5) is 9.59 Å². The van der Waals surface area contributed by atoms with E-state index in [4.69, 9.17) is 14.6 Å². The molecule has 144 valence electrons. The topological polar surface area (TPSA) is 113 Å². The fourth-order valence-electron chi connectivity index (χ4n) is 2.44. The van der Waals surface area contributed by atoms with Crippen molar-refractivity contribution in [3.8, 4) is 0 Å². The molecule has 1 aliphatic rings. The molecule has 1 aromatic carbocycles. The van der Waals surface area contributed by atoms with Crippen LogP contribution in [-0.4, -0.2) is 66.4 Å². The van der Waals surface area contributed by atoms with Crippen molar-refractivity contribution < 1.29 is 32.6 Å². The molecule has 1 aliphatic heterocycles. The zero-order valence-corrected chi connectivity index (χ0v) is 15.6. The van der Waals surface area contributed by atoms with Gasteiger partial charge in [0.15, 0.2) is 6.23 Å². The van der Waals surface area contributed by atoms with E-state index in [1.807, 2.05) is 0 Å². The number of hydrogen-bond acceptors (Lipinski definition) is 6. The van der Waals surface area contributed by atoms with E-state index in [0.717, 1.165) is 4.31 Å². The van der Waals surface area contributed by atoms with Gasteiger partial charge in [0, 0.05) is 13.1 Å². The molecule has 9 nitrogen and oxygen atoms in total. The fourth-order valence-corrected chi connectivity index (χ4v) is 3.95. The fraction of sp³-hybridized carbons (Fsp3) is 0.500. The summed E-state index contributed by atoms with van der Waals surface area (Å²) in [5.74, 6) is 0. The number of hydrogen-bond donors (Lipinski definition) is 1. The third-order valence-corrected chi connectivity index (χ3v) is 5.43. The van der Waals surface area contributed by atoms with Gasteiger partial charge in [-0.3, -0.25) is 0 Å². The molecule has 26 heavy (non-hydrogen) atoms. The Morgan fingerprint density at radius 1 is 1.15 bits per heavy atom. The average Bonchev–Trinajstić information content (AvgIpc) is 2.53. The van der Waals surface area contributed by atoms with E-state index in [-0.39, 0.29) is 24.5 Å².